The second-order valence-electron chi connectivity index (χ2n) is 8.88. The van der Waals surface area contributed by atoms with Crippen molar-refractivity contribution in [1.82, 2.24) is 0 Å². The molecule has 1 aliphatic rings. The van der Waals surface area contributed by atoms with E-state index in [-0.39, 0.29) is 0 Å². The average Bonchev–Trinajstić information content (AvgIpc) is 2.92. The Bertz CT molecular complexity index is 1090. The molecule has 0 unspecified atom stereocenters. The molecule has 0 N–H and O–H groups in total. The fourth-order valence-electron chi connectivity index (χ4n) is 5.44. The Kier molecular flexibility index (Phi) is 6.36. The van der Waals surface area contributed by atoms with Crippen LogP contribution >= 0.6 is 0 Å². The number of ether oxygens (including phenoxy) is 2. The van der Waals surface area contributed by atoms with Gasteiger partial charge in [0.25, 0.3) is 0 Å². The van der Waals surface area contributed by atoms with E-state index in [0.29, 0.717) is 13.2 Å². The van der Waals surface area contributed by atoms with E-state index in [4.69, 9.17) is 9.47 Å². The number of hydrogen-bond acceptors (Lipinski definition) is 2. The molecule has 1 aliphatic carbocycles. The summed E-state index contributed by atoms with van der Waals surface area (Å²) >= 11 is 0. The van der Waals surface area contributed by atoms with Crippen LogP contribution in [0.15, 0.2) is 109 Å². The minimum Gasteiger partial charge on any atom is -0.361 e. The van der Waals surface area contributed by atoms with Crippen LogP contribution in [0.3, 0.4) is 0 Å². The fourth-order valence-corrected chi connectivity index (χ4v) is 5.44. The summed E-state index contributed by atoms with van der Waals surface area (Å²) in [6, 6.07) is 38.7. The molecule has 0 amide bonds. The molecule has 0 bridgehead atoms. The van der Waals surface area contributed by atoms with E-state index in [2.05, 4.69) is 123 Å². The van der Waals surface area contributed by atoms with Gasteiger partial charge in [0.1, 0.15) is 11.2 Å². The largest absolute Gasteiger partial charge is 0.361 e. The van der Waals surface area contributed by atoms with Crippen LogP contribution in [-0.2, 0) is 20.7 Å². The van der Waals surface area contributed by atoms with Crippen molar-refractivity contribution in [1.29, 1.82) is 0 Å². The van der Waals surface area contributed by atoms with Crippen molar-refractivity contribution in [3.8, 4) is 0 Å². The van der Waals surface area contributed by atoms with E-state index >= 15 is 0 Å². The van der Waals surface area contributed by atoms with Gasteiger partial charge in [-0.25, -0.2) is 0 Å². The first-order chi connectivity index (χ1) is 16.8. The van der Waals surface area contributed by atoms with Crippen molar-refractivity contribution < 1.29 is 9.47 Å². The predicted molar refractivity (Wildman–Crippen MR) is 138 cm³/mol. The summed E-state index contributed by atoms with van der Waals surface area (Å²) in [5.41, 5.74) is 5.45. The van der Waals surface area contributed by atoms with Crippen LogP contribution in [0, 0.1) is 0 Å². The molecule has 34 heavy (non-hydrogen) atoms. The van der Waals surface area contributed by atoms with Crippen LogP contribution in [0.4, 0.5) is 0 Å². The summed E-state index contributed by atoms with van der Waals surface area (Å²) in [7, 11) is 0. The summed E-state index contributed by atoms with van der Waals surface area (Å²) in [5, 5.41) is 0. The van der Waals surface area contributed by atoms with Gasteiger partial charge in [-0.15, -0.1) is 0 Å². The Morgan fingerprint density at radius 2 is 0.735 bits per heavy atom. The van der Waals surface area contributed by atoms with Gasteiger partial charge in [0.05, 0.1) is 0 Å². The van der Waals surface area contributed by atoms with Crippen LogP contribution in [0.25, 0.3) is 0 Å². The van der Waals surface area contributed by atoms with E-state index in [9.17, 15) is 0 Å². The lowest BCUT2D eigenvalue weighted by Gasteiger charge is -2.49. The minimum absolute atomic E-state index is 0.658. The number of benzene rings is 4. The molecular weight excluding hydrogens is 416 g/mol. The summed E-state index contributed by atoms with van der Waals surface area (Å²) in [6.07, 6.45) is 1.88. The molecular formula is C32H32O2. The molecule has 0 atom stereocenters. The molecule has 0 saturated heterocycles. The van der Waals surface area contributed by atoms with Gasteiger partial charge in [0.2, 0.25) is 0 Å². The van der Waals surface area contributed by atoms with Gasteiger partial charge in [-0.3, -0.25) is 0 Å². The number of rotatable bonds is 8. The summed E-state index contributed by atoms with van der Waals surface area (Å²) in [5.74, 6) is 0. The molecule has 0 fully saturated rings. The zero-order valence-corrected chi connectivity index (χ0v) is 20.0. The highest BCUT2D eigenvalue weighted by Gasteiger charge is 2.53. The molecule has 0 aromatic heterocycles. The van der Waals surface area contributed by atoms with Gasteiger partial charge in [-0.2, -0.15) is 0 Å². The molecule has 2 nitrogen and oxygen atoms in total. The molecule has 0 radical (unpaired) electrons. The lowest BCUT2D eigenvalue weighted by Crippen LogP contribution is -2.47. The summed E-state index contributed by atoms with van der Waals surface area (Å²) in [6.45, 7) is 5.65. The third-order valence-corrected chi connectivity index (χ3v) is 6.78. The maximum absolute atomic E-state index is 6.94. The number of fused-ring (bicyclic) bond motifs is 2. The maximum Gasteiger partial charge on any atom is 0.144 e. The molecule has 0 aliphatic heterocycles. The van der Waals surface area contributed by atoms with Crippen LogP contribution in [0.1, 0.15) is 60.1 Å². The molecule has 4 aromatic rings. The summed E-state index contributed by atoms with van der Waals surface area (Å²) < 4.78 is 13.9. The van der Waals surface area contributed by atoms with Crippen LogP contribution in [0.5, 0.6) is 0 Å². The lowest BCUT2D eigenvalue weighted by molar-refractivity contribution is -0.0232. The molecule has 0 spiro atoms. The van der Waals surface area contributed by atoms with Crippen molar-refractivity contribution in [3.63, 3.8) is 0 Å². The monoisotopic (exact) mass is 448 g/mol. The van der Waals surface area contributed by atoms with E-state index in [1.54, 1.807) is 0 Å². The highest BCUT2D eigenvalue weighted by Crippen LogP contribution is 2.56. The fraction of sp³-hybridized carbons (Fsp3) is 0.250. The van der Waals surface area contributed by atoms with Gasteiger partial charge >= 0.3 is 0 Å². The molecule has 172 valence electrons. The Labute approximate surface area is 203 Å². The summed E-state index contributed by atoms with van der Waals surface area (Å²) in [4.78, 5) is 0. The van der Waals surface area contributed by atoms with Gasteiger partial charge in [-0.1, -0.05) is 123 Å². The van der Waals surface area contributed by atoms with E-state index < -0.39 is 11.2 Å². The van der Waals surface area contributed by atoms with Crippen molar-refractivity contribution in [2.24, 2.45) is 0 Å². The first kappa shape index (κ1) is 22.6. The molecule has 4 aromatic carbocycles. The molecule has 0 heterocycles. The van der Waals surface area contributed by atoms with Crippen molar-refractivity contribution in [2.45, 2.75) is 37.9 Å². The smallest absolute Gasteiger partial charge is 0.144 e. The van der Waals surface area contributed by atoms with E-state index in [1.807, 2.05) is 0 Å². The van der Waals surface area contributed by atoms with Crippen LogP contribution in [0.2, 0.25) is 0 Å². The van der Waals surface area contributed by atoms with Crippen molar-refractivity contribution in [3.05, 3.63) is 143 Å². The molecule has 2 heteroatoms. The topological polar surface area (TPSA) is 18.5 Å². The van der Waals surface area contributed by atoms with Gasteiger partial charge in [-0.05, 0) is 46.2 Å². The Balaban J connectivity index is 1.91. The van der Waals surface area contributed by atoms with Gasteiger partial charge < -0.3 is 9.47 Å². The zero-order valence-electron chi connectivity index (χ0n) is 20.0. The van der Waals surface area contributed by atoms with Crippen molar-refractivity contribution >= 4 is 0 Å². The number of hydrogen-bond donors (Lipinski definition) is 0. The maximum atomic E-state index is 6.94. The van der Waals surface area contributed by atoms with Crippen LogP contribution in [-0.4, -0.2) is 13.2 Å². The van der Waals surface area contributed by atoms with E-state index in [0.717, 1.165) is 46.2 Å². The Morgan fingerprint density at radius 3 is 1.03 bits per heavy atom. The third kappa shape index (κ3) is 3.41. The first-order valence-electron chi connectivity index (χ1n) is 12.4. The Hall–Kier alpha value is -3.20. The quantitative estimate of drug-likeness (QED) is 0.279. The lowest BCUT2D eigenvalue weighted by atomic mass is 9.63. The minimum atomic E-state index is -0.710. The second kappa shape index (κ2) is 9.58. The molecule has 5 rings (SSSR count). The van der Waals surface area contributed by atoms with Crippen LogP contribution < -0.4 is 0 Å². The zero-order chi connectivity index (χ0) is 23.4. The van der Waals surface area contributed by atoms with Gasteiger partial charge in [0.15, 0.2) is 0 Å². The highest BCUT2D eigenvalue weighted by molar-refractivity contribution is 5.65. The normalized spacial score (nSPS) is 21.0. The van der Waals surface area contributed by atoms with Crippen molar-refractivity contribution in [2.75, 3.05) is 13.2 Å². The van der Waals surface area contributed by atoms with Gasteiger partial charge in [0, 0.05) is 13.2 Å². The van der Waals surface area contributed by atoms with E-state index in [1.165, 1.54) is 0 Å². The SMILES string of the molecule is CCCOC1(c2ccccc2)c2ccccc2C(OCCC)(c2ccccc2)c2ccccc21. The predicted octanol–water partition coefficient (Wildman–Crippen LogP) is 7.44. The Morgan fingerprint density at radius 1 is 0.441 bits per heavy atom. The molecule has 0 saturated carbocycles. The average molecular weight is 449 g/mol. The third-order valence-electron chi connectivity index (χ3n) is 6.78. The standard InChI is InChI=1S/C32H32O2/c1-3-23-33-31(25-15-7-5-8-16-25)27-19-11-13-21-29(27)32(34-24-4-2,26-17-9-6-10-18-26)30-22-14-12-20-28(30)31/h5-22H,3-4,23-24H2,1-2H3. The second-order valence-corrected chi connectivity index (χ2v) is 8.88. The first-order valence-corrected chi connectivity index (χ1v) is 12.4. The highest BCUT2D eigenvalue weighted by atomic mass is 16.5.